The van der Waals surface area contributed by atoms with Crippen molar-refractivity contribution in [2.45, 2.75) is 6.54 Å². The van der Waals surface area contributed by atoms with Gasteiger partial charge in [0.15, 0.2) is 0 Å². The first-order chi connectivity index (χ1) is 15.4. The Morgan fingerprint density at radius 3 is 2.16 bits per heavy atom. The fraction of sp³-hybridized carbons (Fsp3) is 0.0833. The summed E-state index contributed by atoms with van der Waals surface area (Å²) in [5.74, 6) is -0.395. The zero-order chi connectivity index (χ0) is 22.8. The number of ether oxygens (including phenoxy) is 1. The topological polar surface area (TPSA) is 44.1 Å². The molecule has 0 spiro atoms. The molecule has 3 aromatic carbocycles. The molecular weight excluding hydrogens is 490 g/mol. The van der Waals surface area contributed by atoms with Crippen LogP contribution in [0.4, 0.5) is 0 Å². The second kappa shape index (κ2) is 9.55. The minimum absolute atomic E-state index is 0.395. The summed E-state index contributed by atoms with van der Waals surface area (Å²) in [4.78, 5) is 11.9. The average Bonchev–Trinajstić information content (AvgIpc) is 3.20. The van der Waals surface area contributed by atoms with Gasteiger partial charge in [-0.15, -0.1) is 0 Å². The molecule has 0 saturated carbocycles. The van der Waals surface area contributed by atoms with Gasteiger partial charge in [-0.2, -0.15) is 5.10 Å². The molecule has 0 aliphatic rings. The standard InChI is InChI=1S/C24H16Cl4N2O2/c1-32-24(31)17-4-2-3-14(9-17)13-30-23(16-6-8-19(26)21(28)11-16)12-22(29-30)15-5-7-18(25)20(27)10-15/h2-12H,13H2,1H3. The third-order valence-corrected chi connectivity index (χ3v) is 6.37. The lowest BCUT2D eigenvalue weighted by Gasteiger charge is -2.10. The smallest absolute Gasteiger partial charge is 0.337 e. The minimum Gasteiger partial charge on any atom is -0.465 e. The number of hydrogen-bond donors (Lipinski definition) is 0. The van der Waals surface area contributed by atoms with Gasteiger partial charge in [0.1, 0.15) is 0 Å². The van der Waals surface area contributed by atoms with E-state index in [0.717, 1.165) is 22.4 Å². The number of hydrogen-bond acceptors (Lipinski definition) is 3. The molecule has 1 aromatic heterocycles. The lowest BCUT2D eigenvalue weighted by atomic mass is 10.1. The zero-order valence-corrected chi connectivity index (χ0v) is 19.8. The molecule has 0 atom stereocenters. The van der Waals surface area contributed by atoms with E-state index in [4.69, 9.17) is 56.2 Å². The molecule has 0 radical (unpaired) electrons. The highest BCUT2D eigenvalue weighted by molar-refractivity contribution is 6.42. The fourth-order valence-corrected chi connectivity index (χ4v) is 3.91. The molecule has 162 valence electrons. The predicted octanol–water partition coefficient (Wildman–Crippen LogP) is 7.67. The summed E-state index contributed by atoms with van der Waals surface area (Å²) in [6.07, 6.45) is 0. The number of carbonyl (C=O) groups excluding carboxylic acids is 1. The Hall–Kier alpha value is -2.50. The summed E-state index contributed by atoms with van der Waals surface area (Å²) in [6, 6.07) is 19.9. The Labute approximate surface area is 205 Å². The highest BCUT2D eigenvalue weighted by Gasteiger charge is 2.15. The minimum atomic E-state index is -0.395. The van der Waals surface area contributed by atoms with E-state index in [1.54, 1.807) is 36.4 Å². The molecule has 8 heteroatoms. The molecule has 4 rings (SSSR count). The molecule has 0 amide bonds. The number of methoxy groups -OCH3 is 1. The summed E-state index contributed by atoms with van der Waals surface area (Å²) in [7, 11) is 1.36. The highest BCUT2D eigenvalue weighted by atomic mass is 35.5. The van der Waals surface area contributed by atoms with Crippen LogP contribution in [-0.4, -0.2) is 22.9 Å². The monoisotopic (exact) mass is 504 g/mol. The second-order valence-corrected chi connectivity index (χ2v) is 8.65. The van der Waals surface area contributed by atoms with E-state index < -0.39 is 5.97 Å². The number of rotatable bonds is 5. The van der Waals surface area contributed by atoms with Crippen LogP contribution < -0.4 is 0 Å². The molecule has 0 aliphatic carbocycles. The van der Waals surface area contributed by atoms with E-state index in [1.165, 1.54) is 7.11 Å². The van der Waals surface area contributed by atoms with Crippen LogP contribution in [0.3, 0.4) is 0 Å². The van der Waals surface area contributed by atoms with Gasteiger partial charge in [0.25, 0.3) is 0 Å². The van der Waals surface area contributed by atoms with Crippen LogP contribution in [0.15, 0.2) is 66.7 Å². The van der Waals surface area contributed by atoms with Crippen LogP contribution in [-0.2, 0) is 11.3 Å². The maximum Gasteiger partial charge on any atom is 0.337 e. The van der Waals surface area contributed by atoms with E-state index in [1.807, 2.05) is 35.0 Å². The lowest BCUT2D eigenvalue weighted by molar-refractivity contribution is 0.0600. The number of benzene rings is 3. The molecule has 32 heavy (non-hydrogen) atoms. The summed E-state index contributed by atoms with van der Waals surface area (Å²) >= 11 is 24.7. The van der Waals surface area contributed by atoms with Crippen LogP contribution in [0.2, 0.25) is 20.1 Å². The van der Waals surface area contributed by atoms with Crippen molar-refractivity contribution < 1.29 is 9.53 Å². The van der Waals surface area contributed by atoms with Crippen molar-refractivity contribution in [1.29, 1.82) is 0 Å². The van der Waals surface area contributed by atoms with Crippen molar-refractivity contribution in [1.82, 2.24) is 9.78 Å². The lowest BCUT2D eigenvalue weighted by Crippen LogP contribution is -2.06. The quantitative estimate of drug-likeness (QED) is 0.261. The van der Waals surface area contributed by atoms with Crippen LogP contribution in [0, 0.1) is 0 Å². The summed E-state index contributed by atoms with van der Waals surface area (Å²) in [5.41, 5.74) is 4.57. The first-order valence-corrected chi connectivity index (χ1v) is 11.0. The fourth-order valence-electron chi connectivity index (χ4n) is 3.31. The van der Waals surface area contributed by atoms with Gasteiger partial charge in [0, 0.05) is 11.1 Å². The Morgan fingerprint density at radius 1 is 0.844 bits per heavy atom. The molecule has 1 heterocycles. The van der Waals surface area contributed by atoms with E-state index >= 15 is 0 Å². The third-order valence-electron chi connectivity index (χ3n) is 4.89. The maximum absolute atomic E-state index is 11.9. The molecule has 0 unspecified atom stereocenters. The maximum atomic E-state index is 11.9. The Balaban J connectivity index is 1.80. The van der Waals surface area contributed by atoms with E-state index in [0.29, 0.717) is 37.9 Å². The Kier molecular flexibility index (Phi) is 6.77. The van der Waals surface area contributed by atoms with Crippen molar-refractivity contribution in [3.05, 3.63) is 97.9 Å². The van der Waals surface area contributed by atoms with Gasteiger partial charge < -0.3 is 4.74 Å². The van der Waals surface area contributed by atoms with Crippen LogP contribution in [0.5, 0.6) is 0 Å². The van der Waals surface area contributed by atoms with Crippen LogP contribution in [0.25, 0.3) is 22.5 Å². The van der Waals surface area contributed by atoms with Gasteiger partial charge in [0.05, 0.1) is 50.7 Å². The second-order valence-electron chi connectivity index (χ2n) is 7.02. The van der Waals surface area contributed by atoms with Gasteiger partial charge in [0.2, 0.25) is 0 Å². The SMILES string of the molecule is COC(=O)c1cccc(Cn2nc(-c3ccc(Cl)c(Cl)c3)cc2-c2ccc(Cl)c(Cl)c2)c1. The van der Waals surface area contributed by atoms with Crippen molar-refractivity contribution in [2.24, 2.45) is 0 Å². The highest BCUT2D eigenvalue weighted by Crippen LogP contribution is 2.33. The number of aromatic nitrogens is 2. The first-order valence-electron chi connectivity index (χ1n) is 9.51. The summed E-state index contributed by atoms with van der Waals surface area (Å²) in [5, 5.41) is 6.62. The Bertz CT molecular complexity index is 1320. The number of carbonyl (C=O) groups is 1. The van der Waals surface area contributed by atoms with E-state index in [2.05, 4.69) is 0 Å². The summed E-state index contributed by atoms with van der Waals surface area (Å²) in [6.45, 7) is 0.418. The molecule has 0 aliphatic heterocycles. The van der Waals surface area contributed by atoms with E-state index in [9.17, 15) is 4.79 Å². The molecular formula is C24H16Cl4N2O2. The van der Waals surface area contributed by atoms with E-state index in [-0.39, 0.29) is 0 Å². The zero-order valence-electron chi connectivity index (χ0n) is 16.8. The third kappa shape index (κ3) is 4.79. The molecule has 0 bridgehead atoms. The first kappa shape index (κ1) is 22.7. The predicted molar refractivity (Wildman–Crippen MR) is 130 cm³/mol. The molecule has 0 fully saturated rings. The Morgan fingerprint density at radius 2 is 1.50 bits per heavy atom. The van der Waals surface area contributed by atoms with Crippen molar-refractivity contribution in [2.75, 3.05) is 7.11 Å². The largest absolute Gasteiger partial charge is 0.465 e. The van der Waals surface area contributed by atoms with Crippen molar-refractivity contribution in [3.8, 4) is 22.5 Å². The number of nitrogens with zero attached hydrogens (tertiary/aromatic N) is 2. The molecule has 4 nitrogen and oxygen atoms in total. The van der Waals surface area contributed by atoms with Gasteiger partial charge in [-0.25, -0.2) is 4.79 Å². The normalized spacial score (nSPS) is 10.9. The number of esters is 1. The van der Waals surface area contributed by atoms with Gasteiger partial charge in [-0.1, -0.05) is 70.7 Å². The molecule has 0 N–H and O–H groups in total. The van der Waals surface area contributed by atoms with Crippen molar-refractivity contribution in [3.63, 3.8) is 0 Å². The summed E-state index contributed by atoms with van der Waals surface area (Å²) < 4.78 is 6.67. The van der Waals surface area contributed by atoms with Gasteiger partial charge >= 0.3 is 5.97 Å². The molecule has 0 saturated heterocycles. The van der Waals surface area contributed by atoms with Gasteiger partial charge in [-0.3, -0.25) is 4.68 Å². The number of halogens is 4. The van der Waals surface area contributed by atoms with Crippen LogP contribution in [0.1, 0.15) is 15.9 Å². The van der Waals surface area contributed by atoms with Crippen molar-refractivity contribution >= 4 is 52.4 Å². The van der Waals surface area contributed by atoms with Gasteiger partial charge in [-0.05, 0) is 48.0 Å². The average molecular weight is 506 g/mol. The molecule has 4 aromatic rings. The van der Waals surface area contributed by atoms with Crippen LogP contribution >= 0.6 is 46.4 Å².